The normalized spacial score (nSPS) is 22.6. The average molecular weight is 173 g/mol. The Morgan fingerprint density at radius 3 is 3.00 bits per heavy atom. The monoisotopic (exact) mass is 173 g/mol. The van der Waals surface area contributed by atoms with E-state index in [4.69, 9.17) is 9.47 Å². The first-order chi connectivity index (χ1) is 5.84. The highest BCUT2D eigenvalue weighted by molar-refractivity contribution is 5.76. The lowest BCUT2D eigenvalue weighted by molar-refractivity contribution is -0.146. The minimum atomic E-state index is -0.149. The molecule has 1 rings (SSSR count). The number of carbonyl (C=O) groups excluding carboxylic acids is 1. The van der Waals surface area contributed by atoms with Crippen LogP contribution in [0.4, 0.5) is 0 Å². The summed E-state index contributed by atoms with van der Waals surface area (Å²) in [6.45, 7) is 1.75. The third-order valence-corrected chi connectivity index (χ3v) is 1.88. The molecule has 0 aliphatic carbocycles. The quantitative estimate of drug-likeness (QED) is 0.477. The second kappa shape index (κ2) is 5.11. The number of rotatable bonds is 4. The summed E-state index contributed by atoms with van der Waals surface area (Å²) in [5, 5.41) is 3.07. The average Bonchev–Trinajstić information content (AvgIpc) is 2.56. The predicted molar refractivity (Wildman–Crippen MR) is 43.9 cm³/mol. The van der Waals surface area contributed by atoms with Crippen molar-refractivity contribution in [2.24, 2.45) is 0 Å². The number of carbonyl (C=O) groups is 1. The van der Waals surface area contributed by atoms with Crippen LogP contribution in [-0.2, 0) is 14.3 Å². The van der Waals surface area contributed by atoms with Crippen LogP contribution in [0, 0.1) is 0 Å². The zero-order valence-electron chi connectivity index (χ0n) is 7.34. The highest BCUT2D eigenvalue weighted by Gasteiger charge is 2.22. The second-order valence-electron chi connectivity index (χ2n) is 2.81. The van der Waals surface area contributed by atoms with Crippen LogP contribution in [0.5, 0.6) is 0 Å². The van der Waals surface area contributed by atoms with Crippen molar-refractivity contribution in [3.63, 3.8) is 0 Å². The van der Waals surface area contributed by atoms with Gasteiger partial charge >= 0.3 is 5.97 Å². The van der Waals surface area contributed by atoms with E-state index in [0.29, 0.717) is 13.2 Å². The molecule has 1 fully saturated rings. The molecule has 4 heteroatoms. The van der Waals surface area contributed by atoms with Gasteiger partial charge in [-0.2, -0.15) is 0 Å². The molecule has 0 unspecified atom stereocenters. The molecule has 0 aromatic heterocycles. The Morgan fingerprint density at radius 1 is 1.58 bits per heavy atom. The Kier molecular flexibility index (Phi) is 4.04. The fourth-order valence-corrected chi connectivity index (χ4v) is 1.21. The first kappa shape index (κ1) is 9.48. The summed E-state index contributed by atoms with van der Waals surface area (Å²) in [5.41, 5.74) is 0. The van der Waals surface area contributed by atoms with Gasteiger partial charge in [-0.3, -0.25) is 4.79 Å². The number of methoxy groups -OCH3 is 1. The molecule has 70 valence electrons. The van der Waals surface area contributed by atoms with Gasteiger partial charge in [-0.1, -0.05) is 0 Å². The van der Waals surface area contributed by atoms with Crippen LogP contribution in [0.15, 0.2) is 0 Å². The molecule has 0 aromatic carbocycles. The van der Waals surface area contributed by atoms with E-state index in [1.165, 1.54) is 0 Å². The van der Waals surface area contributed by atoms with Crippen molar-refractivity contribution in [2.45, 2.75) is 18.9 Å². The van der Waals surface area contributed by atoms with Gasteiger partial charge in [0.1, 0.15) is 12.6 Å². The van der Waals surface area contributed by atoms with Gasteiger partial charge in [0, 0.05) is 7.11 Å². The van der Waals surface area contributed by atoms with Gasteiger partial charge in [-0.25, -0.2) is 0 Å². The van der Waals surface area contributed by atoms with E-state index in [9.17, 15) is 4.79 Å². The van der Waals surface area contributed by atoms with Gasteiger partial charge in [-0.05, 0) is 19.4 Å². The van der Waals surface area contributed by atoms with E-state index in [1.807, 2.05) is 0 Å². The first-order valence-electron chi connectivity index (χ1n) is 4.23. The standard InChI is InChI=1S/C8H15NO3/c1-11-5-6-12-8(10)7-3-2-4-9-7/h7,9H,2-6H2,1H3/t7-/m1/s1. The van der Waals surface area contributed by atoms with Crippen molar-refractivity contribution in [2.75, 3.05) is 26.9 Å². The van der Waals surface area contributed by atoms with Gasteiger partial charge in [-0.15, -0.1) is 0 Å². The third kappa shape index (κ3) is 2.79. The van der Waals surface area contributed by atoms with E-state index >= 15 is 0 Å². The molecule has 1 atom stereocenters. The minimum Gasteiger partial charge on any atom is -0.462 e. The summed E-state index contributed by atoms with van der Waals surface area (Å²) in [7, 11) is 1.58. The Balaban J connectivity index is 2.10. The van der Waals surface area contributed by atoms with Crippen LogP contribution in [0.1, 0.15) is 12.8 Å². The predicted octanol–water partition coefficient (Wildman–Crippen LogP) is -0.0720. The van der Waals surface area contributed by atoms with Crippen molar-refractivity contribution in [1.29, 1.82) is 0 Å². The van der Waals surface area contributed by atoms with Crippen LogP contribution in [0.25, 0.3) is 0 Å². The maximum absolute atomic E-state index is 11.2. The Bertz CT molecular complexity index is 143. The van der Waals surface area contributed by atoms with Crippen LogP contribution < -0.4 is 5.32 Å². The molecule has 0 spiro atoms. The van der Waals surface area contributed by atoms with Crippen molar-refractivity contribution < 1.29 is 14.3 Å². The molecule has 12 heavy (non-hydrogen) atoms. The number of hydrogen-bond acceptors (Lipinski definition) is 4. The fourth-order valence-electron chi connectivity index (χ4n) is 1.21. The highest BCUT2D eigenvalue weighted by Crippen LogP contribution is 2.05. The zero-order chi connectivity index (χ0) is 8.81. The largest absolute Gasteiger partial charge is 0.462 e. The topological polar surface area (TPSA) is 47.6 Å². The number of hydrogen-bond donors (Lipinski definition) is 1. The molecule has 4 nitrogen and oxygen atoms in total. The van der Waals surface area contributed by atoms with Gasteiger partial charge in [0.25, 0.3) is 0 Å². The number of esters is 1. The summed E-state index contributed by atoms with van der Waals surface area (Å²) in [4.78, 5) is 11.2. The molecule has 1 heterocycles. The van der Waals surface area contributed by atoms with Crippen molar-refractivity contribution in [3.05, 3.63) is 0 Å². The third-order valence-electron chi connectivity index (χ3n) is 1.88. The summed E-state index contributed by atoms with van der Waals surface area (Å²) in [6, 6.07) is -0.0816. The molecule has 1 N–H and O–H groups in total. The van der Waals surface area contributed by atoms with Crippen LogP contribution in [-0.4, -0.2) is 38.9 Å². The zero-order valence-corrected chi connectivity index (χ0v) is 7.34. The van der Waals surface area contributed by atoms with Crippen LogP contribution in [0.3, 0.4) is 0 Å². The molecule has 1 aliphatic heterocycles. The fraction of sp³-hybridized carbons (Fsp3) is 0.875. The molecule has 1 saturated heterocycles. The van der Waals surface area contributed by atoms with Crippen molar-refractivity contribution >= 4 is 5.97 Å². The molecule has 1 aliphatic rings. The Labute approximate surface area is 72.2 Å². The lowest BCUT2D eigenvalue weighted by Gasteiger charge is -2.09. The highest BCUT2D eigenvalue weighted by atomic mass is 16.6. The summed E-state index contributed by atoms with van der Waals surface area (Å²) < 4.78 is 9.70. The smallest absolute Gasteiger partial charge is 0.323 e. The van der Waals surface area contributed by atoms with E-state index in [0.717, 1.165) is 19.4 Å². The Hall–Kier alpha value is -0.610. The van der Waals surface area contributed by atoms with E-state index < -0.39 is 0 Å². The van der Waals surface area contributed by atoms with Crippen LogP contribution in [0.2, 0.25) is 0 Å². The summed E-state index contributed by atoms with van der Waals surface area (Å²) in [5.74, 6) is -0.149. The molecule has 0 aromatic rings. The number of ether oxygens (including phenoxy) is 2. The summed E-state index contributed by atoms with van der Waals surface area (Å²) >= 11 is 0. The van der Waals surface area contributed by atoms with E-state index in [1.54, 1.807) is 7.11 Å². The first-order valence-corrected chi connectivity index (χ1v) is 4.23. The van der Waals surface area contributed by atoms with E-state index in [-0.39, 0.29) is 12.0 Å². The number of nitrogens with one attached hydrogen (secondary N) is 1. The lowest BCUT2D eigenvalue weighted by atomic mass is 10.2. The SMILES string of the molecule is COCCOC(=O)[C@H]1CCCN1. The summed E-state index contributed by atoms with van der Waals surface area (Å²) in [6.07, 6.45) is 1.95. The maximum atomic E-state index is 11.2. The van der Waals surface area contributed by atoms with Crippen molar-refractivity contribution in [1.82, 2.24) is 5.32 Å². The van der Waals surface area contributed by atoms with Gasteiger partial charge in [0.15, 0.2) is 0 Å². The van der Waals surface area contributed by atoms with Gasteiger partial charge < -0.3 is 14.8 Å². The van der Waals surface area contributed by atoms with Gasteiger partial charge in [0.2, 0.25) is 0 Å². The lowest BCUT2D eigenvalue weighted by Crippen LogP contribution is -2.33. The van der Waals surface area contributed by atoms with Crippen LogP contribution >= 0.6 is 0 Å². The molecular formula is C8H15NO3. The molecule has 0 radical (unpaired) electrons. The maximum Gasteiger partial charge on any atom is 0.323 e. The molecular weight excluding hydrogens is 158 g/mol. The van der Waals surface area contributed by atoms with E-state index in [2.05, 4.69) is 5.32 Å². The molecule has 0 saturated carbocycles. The Morgan fingerprint density at radius 2 is 2.42 bits per heavy atom. The second-order valence-corrected chi connectivity index (χ2v) is 2.81. The minimum absolute atomic E-state index is 0.0816. The molecule has 0 bridgehead atoms. The van der Waals surface area contributed by atoms with Gasteiger partial charge in [0.05, 0.1) is 6.61 Å². The van der Waals surface area contributed by atoms with Crippen molar-refractivity contribution in [3.8, 4) is 0 Å². The molecule has 0 amide bonds.